The quantitative estimate of drug-likeness (QED) is 0.398. The molecule has 0 unspecified atom stereocenters. The third-order valence-corrected chi connectivity index (χ3v) is 7.25. The van der Waals surface area contributed by atoms with E-state index in [-0.39, 0.29) is 6.10 Å². The van der Waals surface area contributed by atoms with Crippen molar-refractivity contribution in [2.75, 3.05) is 31.8 Å². The molecule has 3 aromatic heterocycles. The Hall–Kier alpha value is -3.41. The maximum Gasteiger partial charge on any atom is 0.227 e. The highest BCUT2D eigenvalue weighted by Crippen LogP contribution is 2.33. The molecule has 4 heterocycles. The minimum absolute atomic E-state index is 0.221. The lowest BCUT2D eigenvalue weighted by atomic mass is 10.2. The number of nitrogens with zero attached hydrogens (tertiary/aromatic N) is 5. The topological polar surface area (TPSA) is 111 Å². The average molecular weight is 515 g/mol. The Bertz CT molecular complexity index is 1490. The van der Waals surface area contributed by atoms with Crippen LogP contribution in [0.15, 0.2) is 55.0 Å². The van der Waals surface area contributed by atoms with Gasteiger partial charge in [-0.25, -0.2) is 23.4 Å². The molecule has 0 bridgehead atoms. The van der Waals surface area contributed by atoms with Crippen LogP contribution >= 0.6 is 11.6 Å². The van der Waals surface area contributed by atoms with Crippen LogP contribution in [0.1, 0.15) is 6.42 Å². The van der Waals surface area contributed by atoms with E-state index in [4.69, 9.17) is 21.1 Å². The summed E-state index contributed by atoms with van der Waals surface area (Å²) in [4.78, 5) is 13.3. The number of imidazole rings is 1. The molecule has 35 heavy (non-hydrogen) atoms. The molecule has 0 spiro atoms. The number of halogens is 1. The zero-order chi connectivity index (χ0) is 24.6. The average Bonchev–Trinajstić information content (AvgIpc) is 3.48. The largest absolute Gasteiger partial charge is 0.494 e. The van der Waals surface area contributed by atoms with Crippen LogP contribution in [-0.4, -0.2) is 64.6 Å². The fourth-order valence-corrected chi connectivity index (χ4v) is 5.03. The molecule has 0 radical (unpaired) electrons. The molecular formula is C23H23ClN6O4S. The number of aromatic nitrogens is 4. The van der Waals surface area contributed by atoms with Gasteiger partial charge in [0.15, 0.2) is 0 Å². The second-order valence-corrected chi connectivity index (χ2v) is 10.5. The van der Waals surface area contributed by atoms with E-state index in [9.17, 15) is 8.42 Å². The summed E-state index contributed by atoms with van der Waals surface area (Å²) in [6.07, 6.45) is 6.75. The van der Waals surface area contributed by atoms with Gasteiger partial charge in [0.1, 0.15) is 28.9 Å². The monoisotopic (exact) mass is 514 g/mol. The normalized spacial score (nSPS) is 16.5. The van der Waals surface area contributed by atoms with Gasteiger partial charge in [0.25, 0.3) is 0 Å². The lowest BCUT2D eigenvalue weighted by molar-refractivity contribution is 0.215. The van der Waals surface area contributed by atoms with E-state index in [1.807, 2.05) is 28.8 Å². The molecule has 1 atom stereocenters. The number of hydrogen-bond donors (Lipinski definition) is 1. The van der Waals surface area contributed by atoms with E-state index < -0.39 is 10.0 Å². The van der Waals surface area contributed by atoms with Gasteiger partial charge in [0, 0.05) is 18.8 Å². The fourth-order valence-electron chi connectivity index (χ4n) is 3.97. The number of nitrogens with one attached hydrogen (secondary N) is 1. The molecule has 0 saturated carbocycles. The van der Waals surface area contributed by atoms with Crippen molar-refractivity contribution >= 4 is 38.9 Å². The van der Waals surface area contributed by atoms with Crippen molar-refractivity contribution in [3.05, 3.63) is 60.0 Å². The molecule has 5 rings (SSSR count). The maximum atomic E-state index is 11.8. The van der Waals surface area contributed by atoms with Crippen LogP contribution in [-0.2, 0) is 10.0 Å². The molecule has 1 aliphatic heterocycles. The summed E-state index contributed by atoms with van der Waals surface area (Å²) in [6, 6.07) is 11.0. The number of sulfonamides is 1. The van der Waals surface area contributed by atoms with E-state index in [1.54, 1.807) is 31.5 Å². The molecule has 0 amide bonds. The molecule has 4 aromatic rings. The van der Waals surface area contributed by atoms with Crippen LogP contribution in [0.2, 0.25) is 5.02 Å². The summed E-state index contributed by atoms with van der Waals surface area (Å²) in [5, 5.41) is 3.57. The number of pyridine rings is 1. The Morgan fingerprint density at radius 1 is 1.17 bits per heavy atom. The number of anilines is 2. The van der Waals surface area contributed by atoms with Crippen LogP contribution in [0.3, 0.4) is 0 Å². The Labute approximate surface area is 207 Å². The van der Waals surface area contributed by atoms with Gasteiger partial charge in [-0.15, -0.1) is 0 Å². The van der Waals surface area contributed by atoms with E-state index in [0.29, 0.717) is 53.4 Å². The third kappa shape index (κ3) is 4.88. The van der Waals surface area contributed by atoms with Gasteiger partial charge in [0.2, 0.25) is 16.0 Å². The van der Waals surface area contributed by atoms with Gasteiger partial charge in [-0.1, -0.05) is 17.7 Å². The summed E-state index contributed by atoms with van der Waals surface area (Å²) < 4.78 is 38.4. The smallest absolute Gasteiger partial charge is 0.227 e. The molecule has 0 aliphatic carbocycles. The number of rotatable bonds is 7. The van der Waals surface area contributed by atoms with Crippen molar-refractivity contribution in [2.45, 2.75) is 12.5 Å². The number of methoxy groups -OCH3 is 1. The molecule has 1 aliphatic rings. The minimum atomic E-state index is -3.23. The Morgan fingerprint density at radius 3 is 2.80 bits per heavy atom. The van der Waals surface area contributed by atoms with Gasteiger partial charge in [0.05, 0.1) is 48.7 Å². The molecule has 1 fully saturated rings. The molecule has 10 nitrogen and oxygen atoms in total. The summed E-state index contributed by atoms with van der Waals surface area (Å²) in [5.74, 6) is 1.44. The first-order valence-corrected chi connectivity index (χ1v) is 13.1. The van der Waals surface area contributed by atoms with Crippen LogP contribution < -0.4 is 14.8 Å². The first-order valence-electron chi connectivity index (χ1n) is 10.8. The van der Waals surface area contributed by atoms with Gasteiger partial charge in [-0.3, -0.25) is 4.40 Å². The second-order valence-electron chi connectivity index (χ2n) is 8.10. The fraction of sp³-hybridized carbons (Fsp3) is 0.261. The summed E-state index contributed by atoms with van der Waals surface area (Å²) >= 11 is 6.41. The predicted octanol–water partition coefficient (Wildman–Crippen LogP) is 3.61. The van der Waals surface area contributed by atoms with Gasteiger partial charge >= 0.3 is 0 Å². The van der Waals surface area contributed by atoms with Gasteiger partial charge in [-0.05, 0) is 30.7 Å². The zero-order valence-electron chi connectivity index (χ0n) is 19.1. The van der Waals surface area contributed by atoms with Crippen molar-refractivity contribution in [2.24, 2.45) is 0 Å². The maximum absolute atomic E-state index is 11.8. The van der Waals surface area contributed by atoms with E-state index in [2.05, 4.69) is 20.3 Å². The highest BCUT2D eigenvalue weighted by Gasteiger charge is 2.30. The Morgan fingerprint density at radius 2 is 2.03 bits per heavy atom. The number of benzene rings is 1. The SMILES string of the molecule is COc1cc(O[C@H]2CCN(S(C)(=O)=O)C2)ccc1Nc1ncc(Cl)c(-c2cnc3ccccn23)n1. The van der Waals surface area contributed by atoms with Crippen molar-refractivity contribution in [3.8, 4) is 22.9 Å². The molecule has 1 saturated heterocycles. The van der Waals surface area contributed by atoms with Gasteiger partial charge < -0.3 is 14.8 Å². The summed E-state index contributed by atoms with van der Waals surface area (Å²) in [6.45, 7) is 0.773. The first-order chi connectivity index (χ1) is 16.8. The second kappa shape index (κ2) is 9.33. The van der Waals surface area contributed by atoms with E-state index in [0.717, 1.165) is 11.3 Å². The lowest BCUT2D eigenvalue weighted by Crippen LogP contribution is -2.29. The van der Waals surface area contributed by atoms with Crippen LogP contribution in [0.4, 0.5) is 11.6 Å². The molecule has 12 heteroatoms. The predicted molar refractivity (Wildman–Crippen MR) is 133 cm³/mol. The Balaban J connectivity index is 1.36. The van der Waals surface area contributed by atoms with Crippen molar-refractivity contribution in [1.29, 1.82) is 0 Å². The standard InChI is InChI=1S/C23H23ClN6O4S/c1-33-20-11-15(34-16-8-10-29(14-16)35(2,31)32)6-7-18(20)27-23-26-12-17(24)22(28-23)19-13-25-21-5-3-4-9-30(19)21/h3-7,9,11-13,16H,8,10,14H2,1-2H3,(H,26,27,28)/t16-/m0/s1. The molecule has 182 valence electrons. The van der Waals surface area contributed by atoms with Crippen molar-refractivity contribution in [3.63, 3.8) is 0 Å². The van der Waals surface area contributed by atoms with Crippen LogP contribution in [0.25, 0.3) is 17.0 Å². The molecule has 1 N–H and O–H groups in total. The lowest BCUT2D eigenvalue weighted by Gasteiger charge is -2.17. The van der Waals surface area contributed by atoms with E-state index in [1.165, 1.54) is 16.8 Å². The molecule has 1 aromatic carbocycles. The number of ether oxygens (including phenoxy) is 2. The molecular weight excluding hydrogens is 492 g/mol. The summed E-state index contributed by atoms with van der Waals surface area (Å²) in [5.41, 5.74) is 2.70. The van der Waals surface area contributed by atoms with Crippen LogP contribution in [0, 0.1) is 0 Å². The van der Waals surface area contributed by atoms with Gasteiger partial charge in [-0.2, -0.15) is 4.31 Å². The highest BCUT2D eigenvalue weighted by molar-refractivity contribution is 7.88. The Kier molecular flexibility index (Phi) is 6.22. The number of fused-ring (bicyclic) bond motifs is 1. The zero-order valence-corrected chi connectivity index (χ0v) is 20.6. The number of hydrogen-bond acceptors (Lipinski definition) is 8. The van der Waals surface area contributed by atoms with Crippen LogP contribution in [0.5, 0.6) is 11.5 Å². The van der Waals surface area contributed by atoms with Crippen molar-refractivity contribution < 1.29 is 17.9 Å². The van der Waals surface area contributed by atoms with Crippen molar-refractivity contribution in [1.82, 2.24) is 23.7 Å². The first kappa shape index (κ1) is 23.3. The minimum Gasteiger partial charge on any atom is -0.494 e. The van der Waals surface area contributed by atoms with E-state index >= 15 is 0 Å². The summed E-state index contributed by atoms with van der Waals surface area (Å²) in [7, 11) is -1.67. The third-order valence-electron chi connectivity index (χ3n) is 5.70. The highest BCUT2D eigenvalue weighted by atomic mass is 35.5.